The standard InChI is InChI=1S/C17H16Cl2N2O2/c18-11-4-5-13(14(19)9-11)17(23)21-16(10-7-12(22)8-10)15-3-1-2-6-20-15/h1-6,9-10,12,16,22H,7-8H2,(H,21,23). The molecule has 1 heterocycles. The smallest absolute Gasteiger partial charge is 0.253 e. The summed E-state index contributed by atoms with van der Waals surface area (Å²) in [6.07, 6.45) is 2.69. The predicted octanol–water partition coefficient (Wildman–Crippen LogP) is 3.63. The Bertz CT molecular complexity index is 703. The molecule has 120 valence electrons. The van der Waals surface area contributed by atoms with Crippen LogP contribution in [0.25, 0.3) is 0 Å². The Morgan fingerprint density at radius 3 is 2.65 bits per heavy atom. The third-order valence-electron chi connectivity index (χ3n) is 4.09. The van der Waals surface area contributed by atoms with E-state index >= 15 is 0 Å². The van der Waals surface area contributed by atoms with E-state index in [1.807, 2.05) is 18.2 Å². The van der Waals surface area contributed by atoms with Gasteiger partial charge in [-0.1, -0.05) is 29.3 Å². The Morgan fingerprint density at radius 1 is 1.26 bits per heavy atom. The lowest BCUT2D eigenvalue weighted by atomic mass is 9.76. The van der Waals surface area contributed by atoms with Crippen molar-refractivity contribution in [1.29, 1.82) is 0 Å². The quantitative estimate of drug-likeness (QED) is 0.884. The van der Waals surface area contributed by atoms with Crippen LogP contribution in [0.5, 0.6) is 0 Å². The number of amides is 1. The van der Waals surface area contributed by atoms with Crippen molar-refractivity contribution < 1.29 is 9.90 Å². The van der Waals surface area contributed by atoms with Gasteiger partial charge in [-0.3, -0.25) is 9.78 Å². The summed E-state index contributed by atoms with van der Waals surface area (Å²) in [7, 11) is 0. The molecule has 2 aromatic rings. The number of benzene rings is 1. The number of nitrogens with zero attached hydrogens (tertiary/aromatic N) is 1. The van der Waals surface area contributed by atoms with Crippen LogP contribution in [0.1, 0.15) is 34.9 Å². The zero-order valence-electron chi connectivity index (χ0n) is 12.2. The molecule has 2 N–H and O–H groups in total. The van der Waals surface area contributed by atoms with Crippen LogP contribution < -0.4 is 5.32 Å². The first-order valence-electron chi connectivity index (χ1n) is 7.39. The molecule has 6 heteroatoms. The number of halogens is 2. The highest BCUT2D eigenvalue weighted by Crippen LogP contribution is 2.37. The molecule has 1 atom stereocenters. The zero-order valence-corrected chi connectivity index (χ0v) is 13.8. The minimum Gasteiger partial charge on any atom is -0.393 e. The number of hydrogen-bond acceptors (Lipinski definition) is 3. The fraction of sp³-hybridized carbons (Fsp3) is 0.294. The van der Waals surface area contributed by atoms with Crippen molar-refractivity contribution in [2.24, 2.45) is 5.92 Å². The van der Waals surface area contributed by atoms with Crippen LogP contribution >= 0.6 is 23.2 Å². The van der Waals surface area contributed by atoms with Gasteiger partial charge in [-0.2, -0.15) is 0 Å². The first-order chi connectivity index (χ1) is 11.0. The minimum atomic E-state index is -0.303. The largest absolute Gasteiger partial charge is 0.393 e. The second kappa shape index (κ2) is 6.87. The van der Waals surface area contributed by atoms with Gasteiger partial charge >= 0.3 is 0 Å². The third kappa shape index (κ3) is 3.66. The Hall–Kier alpha value is -1.62. The summed E-state index contributed by atoms with van der Waals surface area (Å²) in [6.45, 7) is 0. The van der Waals surface area contributed by atoms with Gasteiger partial charge in [-0.15, -0.1) is 0 Å². The van der Waals surface area contributed by atoms with Gasteiger partial charge in [0.05, 0.1) is 28.4 Å². The van der Waals surface area contributed by atoms with Gasteiger partial charge < -0.3 is 10.4 Å². The number of aliphatic hydroxyl groups is 1. The zero-order chi connectivity index (χ0) is 16.4. The number of pyridine rings is 1. The van der Waals surface area contributed by atoms with Crippen LogP contribution in [-0.2, 0) is 0 Å². The monoisotopic (exact) mass is 350 g/mol. The molecule has 3 rings (SSSR count). The highest BCUT2D eigenvalue weighted by Gasteiger charge is 2.36. The lowest BCUT2D eigenvalue weighted by Crippen LogP contribution is -2.41. The molecular weight excluding hydrogens is 335 g/mol. The predicted molar refractivity (Wildman–Crippen MR) is 89.6 cm³/mol. The highest BCUT2D eigenvalue weighted by molar-refractivity contribution is 6.36. The van der Waals surface area contributed by atoms with Crippen LogP contribution in [0.4, 0.5) is 0 Å². The molecule has 0 saturated heterocycles. The van der Waals surface area contributed by atoms with Crippen LogP contribution in [0.3, 0.4) is 0 Å². The molecular formula is C17H16Cl2N2O2. The Balaban J connectivity index is 1.82. The molecule has 0 bridgehead atoms. The number of hydrogen-bond donors (Lipinski definition) is 2. The van der Waals surface area contributed by atoms with E-state index in [9.17, 15) is 9.90 Å². The Kier molecular flexibility index (Phi) is 4.85. The van der Waals surface area contributed by atoms with E-state index in [4.69, 9.17) is 23.2 Å². The second-order valence-corrected chi connectivity index (χ2v) is 6.56. The van der Waals surface area contributed by atoms with Gasteiger partial charge in [0.1, 0.15) is 0 Å². The van der Waals surface area contributed by atoms with E-state index in [0.717, 1.165) is 5.69 Å². The molecule has 1 aliphatic rings. The molecule has 1 unspecified atom stereocenters. The van der Waals surface area contributed by atoms with E-state index in [2.05, 4.69) is 10.3 Å². The van der Waals surface area contributed by atoms with Gasteiger partial charge in [0, 0.05) is 11.2 Å². The number of aliphatic hydroxyl groups excluding tert-OH is 1. The maximum absolute atomic E-state index is 12.6. The van der Waals surface area contributed by atoms with E-state index in [1.165, 1.54) is 0 Å². The van der Waals surface area contributed by atoms with E-state index in [1.54, 1.807) is 24.4 Å². The SMILES string of the molecule is O=C(NC(c1ccccn1)C1CC(O)C1)c1ccc(Cl)cc1Cl. The van der Waals surface area contributed by atoms with Crippen molar-refractivity contribution in [2.75, 3.05) is 0 Å². The molecule has 1 aromatic heterocycles. The molecule has 1 amide bonds. The average Bonchev–Trinajstić information content (AvgIpc) is 2.50. The molecule has 1 aliphatic carbocycles. The van der Waals surface area contributed by atoms with Crippen LogP contribution in [0.15, 0.2) is 42.6 Å². The van der Waals surface area contributed by atoms with Gasteiger partial charge in [0.15, 0.2) is 0 Å². The molecule has 1 fully saturated rings. The molecule has 1 aromatic carbocycles. The summed E-state index contributed by atoms with van der Waals surface area (Å²) in [5, 5.41) is 13.4. The summed E-state index contributed by atoms with van der Waals surface area (Å²) in [6, 6.07) is 10.1. The van der Waals surface area contributed by atoms with Crippen molar-refractivity contribution in [2.45, 2.75) is 25.0 Å². The molecule has 0 spiro atoms. The molecule has 0 radical (unpaired) electrons. The van der Waals surface area contributed by atoms with Crippen molar-refractivity contribution >= 4 is 29.1 Å². The maximum Gasteiger partial charge on any atom is 0.253 e. The molecule has 23 heavy (non-hydrogen) atoms. The van der Waals surface area contributed by atoms with Crippen LogP contribution in [-0.4, -0.2) is 22.1 Å². The Morgan fingerprint density at radius 2 is 2.04 bits per heavy atom. The van der Waals surface area contributed by atoms with E-state index in [0.29, 0.717) is 28.5 Å². The number of rotatable bonds is 4. The molecule has 4 nitrogen and oxygen atoms in total. The fourth-order valence-electron chi connectivity index (χ4n) is 2.79. The minimum absolute atomic E-state index is 0.162. The average molecular weight is 351 g/mol. The number of aromatic nitrogens is 1. The van der Waals surface area contributed by atoms with Gasteiger partial charge in [-0.25, -0.2) is 0 Å². The number of carbonyl (C=O) groups excluding carboxylic acids is 1. The van der Waals surface area contributed by atoms with Crippen molar-refractivity contribution in [1.82, 2.24) is 10.3 Å². The van der Waals surface area contributed by atoms with Crippen molar-refractivity contribution in [3.05, 3.63) is 63.9 Å². The second-order valence-electron chi connectivity index (χ2n) is 5.72. The van der Waals surface area contributed by atoms with Crippen LogP contribution in [0.2, 0.25) is 10.0 Å². The summed E-state index contributed by atoms with van der Waals surface area (Å²) >= 11 is 12.0. The topological polar surface area (TPSA) is 62.2 Å². The lowest BCUT2D eigenvalue weighted by molar-refractivity contribution is 0.0228. The van der Waals surface area contributed by atoms with Gasteiger partial charge in [0.25, 0.3) is 5.91 Å². The normalized spacial score (nSPS) is 21.3. The van der Waals surface area contributed by atoms with Gasteiger partial charge in [-0.05, 0) is 49.1 Å². The number of carbonyl (C=O) groups is 1. The summed E-state index contributed by atoms with van der Waals surface area (Å²) < 4.78 is 0. The summed E-state index contributed by atoms with van der Waals surface area (Å²) in [4.78, 5) is 16.9. The van der Waals surface area contributed by atoms with Crippen LogP contribution in [0, 0.1) is 5.92 Å². The van der Waals surface area contributed by atoms with E-state index in [-0.39, 0.29) is 24.0 Å². The summed E-state index contributed by atoms with van der Waals surface area (Å²) in [5.74, 6) is -0.112. The highest BCUT2D eigenvalue weighted by atomic mass is 35.5. The maximum atomic E-state index is 12.6. The number of nitrogens with one attached hydrogen (secondary N) is 1. The molecule has 0 aliphatic heterocycles. The Labute approximate surface area is 144 Å². The van der Waals surface area contributed by atoms with E-state index < -0.39 is 0 Å². The molecule has 1 saturated carbocycles. The summed E-state index contributed by atoms with van der Waals surface area (Å²) in [5.41, 5.74) is 1.15. The third-order valence-corrected chi connectivity index (χ3v) is 4.64. The first kappa shape index (κ1) is 16.2. The van der Waals surface area contributed by atoms with Gasteiger partial charge in [0.2, 0.25) is 0 Å². The first-order valence-corrected chi connectivity index (χ1v) is 8.15. The van der Waals surface area contributed by atoms with Crippen molar-refractivity contribution in [3.8, 4) is 0 Å². The fourth-order valence-corrected chi connectivity index (χ4v) is 3.28. The van der Waals surface area contributed by atoms with Crippen molar-refractivity contribution in [3.63, 3.8) is 0 Å². The lowest BCUT2D eigenvalue weighted by Gasteiger charge is -2.37.